The van der Waals surface area contributed by atoms with E-state index in [0.29, 0.717) is 12.8 Å². The van der Waals surface area contributed by atoms with Crippen molar-refractivity contribution < 1.29 is 9.59 Å². The van der Waals surface area contributed by atoms with Gasteiger partial charge in [-0.2, -0.15) is 0 Å². The number of Topliss-reactive ketones (excluding diaryl/α,β-unsaturated/α-hetero) is 1. The van der Waals surface area contributed by atoms with Crippen molar-refractivity contribution in [3.8, 4) is 0 Å². The van der Waals surface area contributed by atoms with E-state index >= 15 is 0 Å². The van der Waals surface area contributed by atoms with Gasteiger partial charge in [0.25, 0.3) is 0 Å². The molecule has 1 fully saturated rings. The van der Waals surface area contributed by atoms with Crippen molar-refractivity contribution in [2.45, 2.75) is 25.7 Å². The Labute approximate surface area is 120 Å². The van der Waals surface area contributed by atoms with Crippen LogP contribution in [0.5, 0.6) is 0 Å². The zero-order valence-electron chi connectivity index (χ0n) is 12.3. The van der Waals surface area contributed by atoms with Crippen LogP contribution in [0.4, 0.5) is 0 Å². The Balaban J connectivity index is 2.27. The van der Waals surface area contributed by atoms with Gasteiger partial charge < -0.3 is 4.90 Å². The van der Waals surface area contributed by atoms with Crippen molar-refractivity contribution in [2.75, 3.05) is 14.1 Å². The predicted molar refractivity (Wildman–Crippen MR) is 79.4 cm³/mol. The average Bonchev–Trinajstić information content (AvgIpc) is 3.21. The maximum absolute atomic E-state index is 12.5. The monoisotopic (exact) mass is 271 g/mol. The van der Waals surface area contributed by atoms with Gasteiger partial charge in [0.05, 0.1) is 5.41 Å². The standard InChI is InChI=1S/C17H21NO2/c1-4-15(19)17(16(20)10-11-18(2)3)12-14(17)13-8-6-5-7-9-13/h5-11,14H,4,12H2,1-3H3/b11-10+. The lowest BCUT2D eigenvalue weighted by atomic mass is 9.88. The third kappa shape index (κ3) is 2.53. The molecule has 0 saturated heterocycles. The number of allylic oxidation sites excluding steroid dienone is 1. The molecule has 0 aromatic heterocycles. The van der Waals surface area contributed by atoms with Crippen LogP contribution in [0.1, 0.15) is 31.2 Å². The van der Waals surface area contributed by atoms with Crippen molar-refractivity contribution in [3.05, 3.63) is 48.2 Å². The Morgan fingerprint density at radius 1 is 1.30 bits per heavy atom. The van der Waals surface area contributed by atoms with Gasteiger partial charge in [-0.1, -0.05) is 37.3 Å². The third-order valence-electron chi connectivity index (χ3n) is 3.95. The number of benzene rings is 1. The topological polar surface area (TPSA) is 37.4 Å². The fourth-order valence-corrected chi connectivity index (χ4v) is 2.75. The predicted octanol–water partition coefficient (Wildman–Crippen LogP) is 2.78. The van der Waals surface area contributed by atoms with Crippen molar-refractivity contribution in [1.29, 1.82) is 0 Å². The highest BCUT2D eigenvalue weighted by atomic mass is 16.2. The largest absolute Gasteiger partial charge is 0.383 e. The van der Waals surface area contributed by atoms with Gasteiger partial charge in [0.1, 0.15) is 5.78 Å². The number of rotatable bonds is 6. The molecule has 3 heteroatoms. The lowest BCUT2D eigenvalue weighted by Gasteiger charge is -2.13. The van der Waals surface area contributed by atoms with Crippen LogP contribution in [-0.4, -0.2) is 30.6 Å². The Morgan fingerprint density at radius 3 is 2.50 bits per heavy atom. The molecule has 0 amide bonds. The van der Waals surface area contributed by atoms with Crippen molar-refractivity contribution >= 4 is 11.6 Å². The van der Waals surface area contributed by atoms with E-state index in [2.05, 4.69) is 0 Å². The van der Waals surface area contributed by atoms with E-state index in [-0.39, 0.29) is 17.5 Å². The van der Waals surface area contributed by atoms with E-state index in [1.54, 1.807) is 6.20 Å². The number of carbonyl (C=O) groups is 2. The summed E-state index contributed by atoms with van der Waals surface area (Å²) in [5.41, 5.74) is 0.267. The highest BCUT2D eigenvalue weighted by molar-refractivity contribution is 6.15. The van der Waals surface area contributed by atoms with Gasteiger partial charge in [-0.25, -0.2) is 0 Å². The second-order valence-corrected chi connectivity index (χ2v) is 5.56. The molecular weight excluding hydrogens is 250 g/mol. The van der Waals surface area contributed by atoms with E-state index < -0.39 is 5.41 Å². The molecule has 2 atom stereocenters. The quantitative estimate of drug-likeness (QED) is 0.590. The fraction of sp³-hybridized carbons (Fsp3) is 0.412. The van der Waals surface area contributed by atoms with Crippen LogP contribution >= 0.6 is 0 Å². The molecule has 1 aliphatic rings. The smallest absolute Gasteiger partial charge is 0.171 e. The molecule has 1 saturated carbocycles. The van der Waals surface area contributed by atoms with Gasteiger partial charge in [-0.3, -0.25) is 9.59 Å². The highest BCUT2D eigenvalue weighted by Gasteiger charge is 2.63. The van der Waals surface area contributed by atoms with Crippen LogP contribution in [0, 0.1) is 5.41 Å². The van der Waals surface area contributed by atoms with Gasteiger partial charge in [0.15, 0.2) is 5.78 Å². The Kier molecular flexibility index (Phi) is 4.07. The molecule has 20 heavy (non-hydrogen) atoms. The second kappa shape index (κ2) is 5.61. The molecule has 2 unspecified atom stereocenters. The summed E-state index contributed by atoms with van der Waals surface area (Å²) in [4.78, 5) is 26.6. The van der Waals surface area contributed by atoms with Crippen molar-refractivity contribution in [3.63, 3.8) is 0 Å². The second-order valence-electron chi connectivity index (χ2n) is 5.56. The number of ketones is 2. The minimum atomic E-state index is -0.817. The van der Waals surface area contributed by atoms with E-state index in [4.69, 9.17) is 0 Å². The summed E-state index contributed by atoms with van der Waals surface area (Å²) >= 11 is 0. The zero-order valence-corrected chi connectivity index (χ0v) is 12.3. The summed E-state index contributed by atoms with van der Waals surface area (Å²) in [6, 6.07) is 9.85. The van der Waals surface area contributed by atoms with Gasteiger partial charge in [0, 0.05) is 32.6 Å². The summed E-state index contributed by atoms with van der Waals surface area (Å²) in [7, 11) is 3.72. The summed E-state index contributed by atoms with van der Waals surface area (Å²) in [5, 5.41) is 0. The maximum Gasteiger partial charge on any atom is 0.171 e. The Hall–Kier alpha value is -1.90. The lowest BCUT2D eigenvalue weighted by molar-refractivity contribution is -0.132. The van der Waals surface area contributed by atoms with Crippen LogP contribution < -0.4 is 0 Å². The summed E-state index contributed by atoms with van der Waals surface area (Å²) in [5.74, 6) is 0.0297. The van der Waals surface area contributed by atoms with E-state index in [1.165, 1.54) is 6.08 Å². The molecule has 1 aliphatic carbocycles. The first-order valence-electron chi connectivity index (χ1n) is 6.99. The zero-order chi connectivity index (χ0) is 14.8. The lowest BCUT2D eigenvalue weighted by Crippen LogP contribution is -2.26. The molecule has 0 bridgehead atoms. The number of nitrogens with zero attached hydrogens (tertiary/aromatic N) is 1. The summed E-state index contributed by atoms with van der Waals surface area (Å²) in [6.45, 7) is 1.83. The van der Waals surface area contributed by atoms with E-state index in [0.717, 1.165) is 5.56 Å². The van der Waals surface area contributed by atoms with Gasteiger partial charge in [-0.05, 0) is 18.1 Å². The van der Waals surface area contributed by atoms with Crippen LogP contribution in [0.25, 0.3) is 0 Å². The number of hydrogen-bond donors (Lipinski definition) is 0. The molecule has 2 rings (SSSR count). The molecule has 0 heterocycles. The van der Waals surface area contributed by atoms with Gasteiger partial charge >= 0.3 is 0 Å². The highest BCUT2D eigenvalue weighted by Crippen LogP contribution is 2.61. The van der Waals surface area contributed by atoms with E-state index in [1.807, 2.05) is 56.3 Å². The summed E-state index contributed by atoms with van der Waals surface area (Å²) < 4.78 is 0. The van der Waals surface area contributed by atoms with Gasteiger partial charge in [-0.15, -0.1) is 0 Å². The molecule has 0 aliphatic heterocycles. The van der Waals surface area contributed by atoms with Crippen LogP contribution in [0.15, 0.2) is 42.6 Å². The summed E-state index contributed by atoms with van der Waals surface area (Å²) in [6.07, 6.45) is 4.30. The first-order chi connectivity index (χ1) is 9.52. The van der Waals surface area contributed by atoms with E-state index in [9.17, 15) is 9.59 Å². The fourth-order valence-electron chi connectivity index (χ4n) is 2.75. The maximum atomic E-state index is 12.5. The normalized spacial score (nSPS) is 24.6. The van der Waals surface area contributed by atoms with Crippen LogP contribution in [0.2, 0.25) is 0 Å². The molecule has 0 N–H and O–H groups in total. The van der Waals surface area contributed by atoms with Gasteiger partial charge in [0.2, 0.25) is 0 Å². The Morgan fingerprint density at radius 2 is 1.95 bits per heavy atom. The minimum Gasteiger partial charge on any atom is -0.383 e. The van der Waals surface area contributed by atoms with Crippen LogP contribution in [0.3, 0.4) is 0 Å². The SMILES string of the molecule is CCC(=O)C1(C(=O)/C=C/N(C)C)CC1c1ccccc1. The van der Waals surface area contributed by atoms with Crippen molar-refractivity contribution in [2.24, 2.45) is 5.41 Å². The first-order valence-corrected chi connectivity index (χ1v) is 6.99. The third-order valence-corrected chi connectivity index (χ3v) is 3.95. The first kappa shape index (κ1) is 14.5. The molecule has 3 nitrogen and oxygen atoms in total. The molecule has 0 radical (unpaired) electrons. The van der Waals surface area contributed by atoms with Crippen molar-refractivity contribution in [1.82, 2.24) is 4.90 Å². The molecule has 106 valence electrons. The molecule has 1 aromatic carbocycles. The number of hydrogen-bond acceptors (Lipinski definition) is 3. The minimum absolute atomic E-state index is 0.0375. The molecule has 1 aromatic rings. The Bertz CT molecular complexity index is 533. The number of carbonyl (C=O) groups excluding carboxylic acids is 2. The molecule has 0 spiro atoms. The average molecular weight is 271 g/mol. The molecular formula is C17H21NO2. The van der Waals surface area contributed by atoms with Crippen LogP contribution in [-0.2, 0) is 9.59 Å².